The van der Waals surface area contributed by atoms with E-state index >= 15 is 0 Å². The maximum Gasteiger partial charge on any atom is 0.0577 e. The molecule has 3 heteroatoms. The van der Waals surface area contributed by atoms with E-state index in [1.54, 1.807) is 5.57 Å². The third kappa shape index (κ3) is 3.13. The molecule has 154 valence electrons. The van der Waals surface area contributed by atoms with Crippen LogP contribution >= 0.6 is 0 Å². The minimum Gasteiger partial charge on any atom is -0.393 e. The fraction of sp³-hybridized carbons (Fsp3) is 0.615. The molecule has 0 heterocycles. The second kappa shape index (κ2) is 7.19. The standard InChI is InChI=1S/C26H34N2O/c1-25-14-12-20(29)16-19(25)8-9-21-22-10-11-24(26(22,2)15-13-23(21)25)28-27-17-18-6-4-3-5-7-18/h3-8,17,20-23,29H,9-16H2,1-2H3/b27-17+,28-24+/t20-,21?,22?,23?,25?,26?/m0/s1. The molecule has 3 saturated carbocycles. The quantitative estimate of drug-likeness (QED) is 0.388. The topological polar surface area (TPSA) is 45.0 Å². The first-order valence-corrected chi connectivity index (χ1v) is 11.5. The fourth-order valence-corrected chi connectivity index (χ4v) is 7.30. The van der Waals surface area contributed by atoms with Crippen LogP contribution in [-0.2, 0) is 0 Å². The molecule has 0 aromatic heterocycles. The van der Waals surface area contributed by atoms with Crippen molar-refractivity contribution in [3.05, 3.63) is 47.5 Å². The first-order chi connectivity index (χ1) is 14.0. The van der Waals surface area contributed by atoms with Crippen molar-refractivity contribution in [2.45, 2.75) is 71.3 Å². The van der Waals surface area contributed by atoms with E-state index in [-0.39, 0.29) is 11.5 Å². The molecule has 0 aliphatic heterocycles. The predicted molar refractivity (Wildman–Crippen MR) is 119 cm³/mol. The van der Waals surface area contributed by atoms with E-state index < -0.39 is 0 Å². The lowest BCUT2D eigenvalue weighted by atomic mass is 9.48. The van der Waals surface area contributed by atoms with Crippen molar-refractivity contribution in [2.24, 2.45) is 38.8 Å². The molecular weight excluding hydrogens is 356 g/mol. The highest BCUT2D eigenvalue weighted by atomic mass is 16.3. The molecule has 1 N–H and O–H groups in total. The van der Waals surface area contributed by atoms with Gasteiger partial charge in [-0.05, 0) is 80.1 Å². The van der Waals surface area contributed by atoms with Gasteiger partial charge in [0.25, 0.3) is 0 Å². The molecule has 29 heavy (non-hydrogen) atoms. The van der Waals surface area contributed by atoms with Crippen molar-refractivity contribution in [1.29, 1.82) is 0 Å². The Bertz CT molecular complexity index is 857. The summed E-state index contributed by atoms with van der Waals surface area (Å²) in [5.74, 6) is 2.28. The molecule has 3 nitrogen and oxygen atoms in total. The molecule has 0 amide bonds. The van der Waals surface area contributed by atoms with Gasteiger partial charge in [-0.15, -0.1) is 0 Å². The monoisotopic (exact) mass is 390 g/mol. The molecule has 1 aromatic rings. The van der Waals surface area contributed by atoms with Crippen molar-refractivity contribution in [2.75, 3.05) is 0 Å². The number of hydrogen-bond acceptors (Lipinski definition) is 3. The van der Waals surface area contributed by atoms with Gasteiger partial charge in [0, 0.05) is 11.1 Å². The number of rotatable bonds is 2. The van der Waals surface area contributed by atoms with E-state index in [4.69, 9.17) is 5.10 Å². The van der Waals surface area contributed by atoms with Gasteiger partial charge in [-0.1, -0.05) is 55.8 Å². The maximum absolute atomic E-state index is 10.2. The summed E-state index contributed by atoms with van der Waals surface area (Å²) in [7, 11) is 0. The number of aliphatic hydroxyl groups is 1. The van der Waals surface area contributed by atoms with Crippen molar-refractivity contribution < 1.29 is 5.11 Å². The van der Waals surface area contributed by atoms with Crippen LogP contribution in [0.2, 0.25) is 0 Å². The summed E-state index contributed by atoms with van der Waals surface area (Å²) in [5.41, 5.74) is 4.52. The van der Waals surface area contributed by atoms with E-state index in [2.05, 4.69) is 37.2 Å². The average Bonchev–Trinajstić information content (AvgIpc) is 3.06. The summed E-state index contributed by atoms with van der Waals surface area (Å²) >= 11 is 0. The van der Waals surface area contributed by atoms with Crippen LogP contribution in [0.4, 0.5) is 0 Å². The number of fused-ring (bicyclic) bond motifs is 5. The highest BCUT2D eigenvalue weighted by molar-refractivity contribution is 5.93. The summed E-state index contributed by atoms with van der Waals surface area (Å²) < 4.78 is 0. The highest BCUT2D eigenvalue weighted by Crippen LogP contribution is 2.64. The molecule has 0 saturated heterocycles. The molecule has 3 fully saturated rings. The molecule has 0 radical (unpaired) electrons. The second-order valence-corrected chi connectivity index (χ2v) is 10.4. The number of aliphatic hydroxyl groups excluding tert-OH is 1. The van der Waals surface area contributed by atoms with Gasteiger partial charge in [-0.2, -0.15) is 10.2 Å². The zero-order valence-electron chi connectivity index (χ0n) is 17.8. The number of allylic oxidation sites excluding steroid dienone is 1. The highest BCUT2D eigenvalue weighted by Gasteiger charge is 2.57. The zero-order chi connectivity index (χ0) is 20.1. The fourth-order valence-electron chi connectivity index (χ4n) is 7.30. The van der Waals surface area contributed by atoms with Crippen LogP contribution in [0.3, 0.4) is 0 Å². The summed E-state index contributed by atoms with van der Waals surface area (Å²) in [6.07, 6.45) is 13.4. The Morgan fingerprint density at radius 2 is 1.76 bits per heavy atom. The first-order valence-electron chi connectivity index (χ1n) is 11.5. The van der Waals surface area contributed by atoms with Gasteiger partial charge in [-0.3, -0.25) is 0 Å². The van der Waals surface area contributed by atoms with Gasteiger partial charge in [0.2, 0.25) is 0 Å². The largest absolute Gasteiger partial charge is 0.393 e. The van der Waals surface area contributed by atoms with E-state index in [1.165, 1.54) is 31.4 Å². The Kier molecular flexibility index (Phi) is 4.77. The molecule has 4 aliphatic rings. The van der Waals surface area contributed by atoms with Crippen LogP contribution in [0.15, 0.2) is 52.2 Å². The van der Waals surface area contributed by atoms with Crippen LogP contribution in [0, 0.1) is 28.6 Å². The normalized spacial score (nSPS) is 43.0. The van der Waals surface area contributed by atoms with Crippen molar-refractivity contribution in [3.63, 3.8) is 0 Å². The van der Waals surface area contributed by atoms with Crippen molar-refractivity contribution >= 4 is 11.9 Å². The summed E-state index contributed by atoms with van der Waals surface area (Å²) in [5, 5.41) is 19.4. The van der Waals surface area contributed by atoms with Crippen LogP contribution in [0.5, 0.6) is 0 Å². The minimum atomic E-state index is -0.118. The van der Waals surface area contributed by atoms with Gasteiger partial charge in [0.1, 0.15) is 0 Å². The Balaban J connectivity index is 1.38. The number of benzene rings is 1. The molecule has 1 aromatic carbocycles. The van der Waals surface area contributed by atoms with Crippen LogP contribution < -0.4 is 0 Å². The van der Waals surface area contributed by atoms with Gasteiger partial charge < -0.3 is 5.11 Å². The number of hydrogen-bond donors (Lipinski definition) is 1. The lowest BCUT2D eigenvalue weighted by Crippen LogP contribution is -2.50. The molecule has 6 atom stereocenters. The third-order valence-electron chi connectivity index (χ3n) is 9.00. The zero-order valence-corrected chi connectivity index (χ0v) is 17.8. The smallest absolute Gasteiger partial charge is 0.0577 e. The average molecular weight is 391 g/mol. The van der Waals surface area contributed by atoms with Crippen LogP contribution in [-0.4, -0.2) is 23.1 Å². The van der Waals surface area contributed by atoms with Crippen LogP contribution in [0.1, 0.15) is 70.8 Å². The van der Waals surface area contributed by atoms with E-state index in [1.807, 2.05) is 24.4 Å². The first kappa shape index (κ1) is 19.2. The summed E-state index contributed by atoms with van der Waals surface area (Å²) in [6.45, 7) is 4.96. The molecule has 4 aliphatic carbocycles. The molecule has 5 unspecified atom stereocenters. The van der Waals surface area contributed by atoms with Crippen molar-refractivity contribution in [3.8, 4) is 0 Å². The van der Waals surface area contributed by atoms with Crippen LogP contribution in [0.25, 0.3) is 0 Å². The van der Waals surface area contributed by atoms with Gasteiger partial charge in [-0.25, -0.2) is 0 Å². The Hall–Kier alpha value is -1.74. The number of nitrogens with zero attached hydrogens (tertiary/aromatic N) is 2. The lowest BCUT2D eigenvalue weighted by Gasteiger charge is -2.57. The maximum atomic E-state index is 10.2. The van der Waals surface area contributed by atoms with Gasteiger partial charge in [0.05, 0.1) is 12.3 Å². The summed E-state index contributed by atoms with van der Waals surface area (Å²) in [6, 6.07) is 10.3. The Morgan fingerprint density at radius 3 is 2.59 bits per heavy atom. The minimum absolute atomic E-state index is 0.118. The SMILES string of the molecule is CC12CC[C@H](O)CC1=CCC1C2CCC2(C)/C(=N/N=C/c3ccccc3)CCC12. The predicted octanol–water partition coefficient (Wildman–Crippen LogP) is 5.79. The molecule has 5 rings (SSSR count). The molecule has 0 bridgehead atoms. The van der Waals surface area contributed by atoms with E-state index in [0.717, 1.165) is 49.0 Å². The Labute approximate surface area is 175 Å². The lowest BCUT2D eigenvalue weighted by molar-refractivity contribution is -0.0209. The summed E-state index contributed by atoms with van der Waals surface area (Å²) in [4.78, 5) is 0. The van der Waals surface area contributed by atoms with Crippen molar-refractivity contribution in [1.82, 2.24) is 0 Å². The van der Waals surface area contributed by atoms with Gasteiger partial charge >= 0.3 is 0 Å². The molecule has 0 spiro atoms. The Morgan fingerprint density at radius 1 is 1.00 bits per heavy atom. The van der Waals surface area contributed by atoms with E-state index in [9.17, 15) is 5.11 Å². The van der Waals surface area contributed by atoms with Gasteiger partial charge in [0.15, 0.2) is 0 Å². The van der Waals surface area contributed by atoms with E-state index in [0.29, 0.717) is 5.41 Å². The third-order valence-corrected chi connectivity index (χ3v) is 9.00. The second-order valence-electron chi connectivity index (χ2n) is 10.4. The molecular formula is C26H34N2O.